The lowest BCUT2D eigenvalue weighted by atomic mass is 10.1. The van der Waals surface area contributed by atoms with Crippen LogP contribution in [0.2, 0.25) is 0 Å². The predicted molar refractivity (Wildman–Crippen MR) is 85.8 cm³/mol. The van der Waals surface area contributed by atoms with Gasteiger partial charge in [0.15, 0.2) is 5.01 Å². The fraction of sp³-hybridized carbons (Fsp3) is 0.133. The van der Waals surface area contributed by atoms with Gasteiger partial charge in [-0.1, -0.05) is 46.3 Å². The Labute approximate surface area is 133 Å². The number of fused-ring (bicyclic) bond motifs is 1. The molecule has 1 aliphatic rings. The Morgan fingerprint density at radius 2 is 1.65 bits per heavy atom. The molecule has 20 heavy (non-hydrogen) atoms. The van der Waals surface area contributed by atoms with Gasteiger partial charge in [0.05, 0.1) is 5.69 Å². The van der Waals surface area contributed by atoms with Gasteiger partial charge in [-0.2, -0.15) is 0 Å². The van der Waals surface area contributed by atoms with Crippen LogP contribution in [0.4, 0.5) is 5.69 Å². The first-order valence-corrected chi connectivity index (χ1v) is 7.94. The number of hydrogen-bond donors (Lipinski definition) is 0. The second-order valence-electron chi connectivity index (χ2n) is 4.35. The summed E-state index contributed by atoms with van der Waals surface area (Å²) in [6.07, 6.45) is 0. The van der Waals surface area contributed by atoms with Crippen molar-refractivity contribution in [3.05, 3.63) is 60.2 Å². The van der Waals surface area contributed by atoms with Crippen molar-refractivity contribution < 1.29 is 9.53 Å². The quantitative estimate of drug-likeness (QED) is 0.534. The van der Waals surface area contributed by atoms with Crippen LogP contribution < -0.4 is 9.64 Å². The lowest BCUT2D eigenvalue weighted by Gasteiger charge is -2.37. The molecular weight excluding hydrogens is 386 g/mol. The third kappa shape index (κ3) is 2.36. The number of benzene rings is 2. The molecular formula is C15H11Br2NO2. The van der Waals surface area contributed by atoms with Gasteiger partial charge in [-0.3, -0.25) is 9.69 Å². The minimum atomic E-state index is -0.301. The number of rotatable bonds is 1. The number of carbonyl (C=O) groups is 1. The minimum Gasteiger partial charge on any atom is -0.474 e. The summed E-state index contributed by atoms with van der Waals surface area (Å²) in [6.45, 7) is 0. The van der Waals surface area contributed by atoms with Crippen molar-refractivity contribution in [2.75, 3.05) is 4.90 Å². The van der Waals surface area contributed by atoms with Crippen LogP contribution in [-0.4, -0.2) is 15.9 Å². The molecule has 0 saturated carbocycles. The number of hydrogen-bond acceptors (Lipinski definition) is 2. The highest BCUT2D eigenvalue weighted by Gasteiger charge is 2.36. The lowest BCUT2D eigenvalue weighted by Crippen LogP contribution is -2.46. The van der Waals surface area contributed by atoms with Gasteiger partial charge in [0, 0.05) is 5.56 Å². The largest absolute Gasteiger partial charge is 0.474 e. The van der Waals surface area contributed by atoms with Gasteiger partial charge in [-0.15, -0.1) is 0 Å². The number of ether oxygens (including phenoxy) is 1. The molecule has 0 saturated heterocycles. The molecule has 2 unspecified atom stereocenters. The van der Waals surface area contributed by atoms with E-state index in [4.69, 9.17) is 4.74 Å². The van der Waals surface area contributed by atoms with Crippen LogP contribution in [0, 0.1) is 0 Å². The Bertz CT molecular complexity index is 633. The van der Waals surface area contributed by atoms with E-state index in [1.807, 2.05) is 54.6 Å². The number of para-hydroxylation sites is 2. The molecule has 2 aromatic carbocycles. The maximum atomic E-state index is 12.7. The monoisotopic (exact) mass is 395 g/mol. The topological polar surface area (TPSA) is 29.5 Å². The Hall–Kier alpha value is -1.33. The predicted octanol–water partition coefficient (Wildman–Crippen LogP) is 4.17. The van der Waals surface area contributed by atoms with Crippen LogP contribution >= 0.6 is 31.9 Å². The summed E-state index contributed by atoms with van der Waals surface area (Å²) >= 11 is 6.96. The van der Waals surface area contributed by atoms with Crippen LogP contribution in [0.25, 0.3) is 0 Å². The van der Waals surface area contributed by atoms with Crippen molar-refractivity contribution in [3.8, 4) is 5.75 Å². The highest BCUT2D eigenvalue weighted by atomic mass is 79.9. The summed E-state index contributed by atoms with van der Waals surface area (Å²) in [4.78, 5) is 14.2. The van der Waals surface area contributed by atoms with Crippen LogP contribution in [0.5, 0.6) is 5.75 Å². The van der Waals surface area contributed by atoms with E-state index >= 15 is 0 Å². The highest BCUT2D eigenvalue weighted by molar-refractivity contribution is 9.12. The molecule has 3 nitrogen and oxygen atoms in total. The Morgan fingerprint density at radius 3 is 2.40 bits per heavy atom. The smallest absolute Gasteiger partial charge is 0.259 e. The van der Waals surface area contributed by atoms with Crippen LogP contribution in [0.15, 0.2) is 54.6 Å². The van der Waals surface area contributed by atoms with E-state index in [0.717, 1.165) is 5.69 Å². The lowest BCUT2D eigenvalue weighted by molar-refractivity contribution is 0.0969. The molecule has 0 bridgehead atoms. The average molecular weight is 397 g/mol. The maximum Gasteiger partial charge on any atom is 0.259 e. The van der Waals surface area contributed by atoms with Crippen molar-refractivity contribution in [1.82, 2.24) is 0 Å². The van der Waals surface area contributed by atoms with E-state index in [1.165, 1.54) is 0 Å². The Morgan fingerprint density at radius 1 is 1.00 bits per heavy atom. The zero-order valence-electron chi connectivity index (χ0n) is 10.4. The molecule has 0 N–H and O–H groups in total. The molecule has 0 aliphatic carbocycles. The van der Waals surface area contributed by atoms with Gasteiger partial charge in [0.1, 0.15) is 10.7 Å². The molecule has 1 amide bonds. The van der Waals surface area contributed by atoms with E-state index in [-0.39, 0.29) is 15.9 Å². The zero-order chi connectivity index (χ0) is 14.1. The first-order valence-electron chi connectivity index (χ1n) is 6.11. The molecule has 0 fully saturated rings. The number of nitrogens with zero attached hydrogens (tertiary/aromatic N) is 1. The Balaban J connectivity index is 2.05. The summed E-state index contributed by atoms with van der Waals surface area (Å²) in [7, 11) is 0. The standard InChI is InChI=1S/C15H11Br2NO2/c16-13-14(17)20-12-9-5-4-8-11(12)18(13)15(19)10-6-2-1-3-7-10/h1-9,13-14H. The molecule has 3 rings (SSSR count). The fourth-order valence-electron chi connectivity index (χ4n) is 2.12. The molecule has 0 aromatic heterocycles. The van der Waals surface area contributed by atoms with E-state index in [1.54, 1.807) is 4.90 Å². The van der Waals surface area contributed by atoms with E-state index in [9.17, 15) is 4.79 Å². The number of carbonyl (C=O) groups excluding carboxylic acids is 1. The molecule has 1 aliphatic heterocycles. The summed E-state index contributed by atoms with van der Waals surface area (Å²) in [5, 5.41) is -0.301. The number of amides is 1. The summed E-state index contributed by atoms with van der Waals surface area (Å²) in [5.41, 5.74) is 1.41. The molecule has 0 radical (unpaired) electrons. The average Bonchev–Trinajstić information content (AvgIpc) is 2.49. The van der Waals surface area contributed by atoms with Crippen molar-refractivity contribution in [2.24, 2.45) is 0 Å². The zero-order valence-corrected chi connectivity index (χ0v) is 13.5. The fourth-order valence-corrected chi connectivity index (χ4v) is 3.08. The van der Waals surface area contributed by atoms with Crippen molar-refractivity contribution >= 4 is 43.5 Å². The summed E-state index contributed by atoms with van der Waals surface area (Å²) in [5.74, 6) is 0.627. The van der Waals surface area contributed by atoms with Gasteiger partial charge < -0.3 is 4.74 Å². The van der Waals surface area contributed by atoms with Crippen molar-refractivity contribution in [2.45, 2.75) is 9.96 Å². The first-order chi connectivity index (χ1) is 9.68. The number of halogens is 2. The van der Waals surface area contributed by atoms with Gasteiger partial charge in [0.2, 0.25) is 0 Å². The molecule has 2 atom stereocenters. The second kappa shape index (κ2) is 5.58. The second-order valence-corrected chi connectivity index (χ2v) is 6.19. The van der Waals surface area contributed by atoms with Gasteiger partial charge in [-0.05, 0) is 40.2 Å². The molecule has 102 valence electrons. The summed E-state index contributed by atoms with van der Waals surface area (Å²) < 4.78 is 5.74. The molecule has 1 heterocycles. The van der Waals surface area contributed by atoms with E-state index < -0.39 is 0 Å². The third-order valence-electron chi connectivity index (χ3n) is 3.07. The van der Waals surface area contributed by atoms with E-state index in [0.29, 0.717) is 11.3 Å². The van der Waals surface area contributed by atoms with Gasteiger partial charge >= 0.3 is 0 Å². The third-order valence-corrected chi connectivity index (χ3v) is 5.35. The van der Waals surface area contributed by atoms with Crippen molar-refractivity contribution in [1.29, 1.82) is 0 Å². The Kier molecular flexibility index (Phi) is 3.81. The SMILES string of the molecule is O=C(c1ccccc1)N1c2ccccc2OC(Br)C1Br. The highest BCUT2D eigenvalue weighted by Crippen LogP contribution is 2.40. The molecule has 5 heteroatoms. The van der Waals surface area contributed by atoms with E-state index in [2.05, 4.69) is 31.9 Å². The number of anilines is 1. The minimum absolute atomic E-state index is 0.0623. The molecule has 0 spiro atoms. The number of alkyl halides is 2. The first kappa shape index (κ1) is 13.6. The summed E-state index contributed by atoms with van der Waals surface area (Å²) in [6, 6.07) is 16.7. The van der Waals surface area contributed by atoms with Crippen molar-refractivity contribution in [3.63, 3.8) is 0 Å². The van der Waals surface area contributed by atoms with Crippen LogP contribution in [0.1, 0.15) is 10.4 Å². The molecule has 2 aromatic rings. The normalized spacial score (nSPS) is 21.0. The van der Waals surface area contributed by atoms with Crippen LogP contribution in [-0.2, 0) is 0 Å². The maximum absolute atomic E-state index is 12.7. The van der Waals surface area contributed by atoms with Crippen LogP contribution in [0.3, 0.4) is 0 Å². The van der Waals surface area contributed by atoms with Gasteiger partial charge in [0.25, 0.3) is 5.91 Å². The van der Waals surface area contributed by atoms with Gasteiger partial charge in [-0.25, -0.2) is 0 Å².